The van der Waals surface area contributed by atoms with Crippen LogP contribution in [0.1, 0.15) is 11.4 Å². The molecule has 0 radical (unpaired) electrons. The van der Waals surface area contributed by atoms with E-state index in [1.165, 1.54) is 0 Å². The quantitative estimate of drug-likeness (QED) is 0.324. The maximum atomic E-state index is 11.9. The van der Waals surface area contributed by atoms with Gasteiger partial charge in [-0.1, -0.05) is 42.1 Å². The van der Waals surface area contributed by atoms with Crippen molar-refractivity contribution in [2.45, 2.75) is 17.8 Å². The van der Waals surface area contributed by atoms with Crippen molar-refractivity contribution in [2.24, 2.45) is 7.05 Å². The first-order valence-corrected chi connectivity index (χ1v) is 8.55. The van der Waals surface area contributed by atoms with Gasteiger partial charge >= 0.3 is 5.63 Å². The van der Waals surface area contributed by atoms with Crippen LogP contribution in [0.2, 0.25) is 0 Å². The van der Waals surface area contributed by atoms with Crippen LogP contribution in [0.3, 0.4) is 0 Å². The summed E-state index contributed by atoms with van der Waals surface area (Å²) in [4.78, 5) is 11.9. The minimum atomic E-state index is -0.331. The first-order chi connectivity index (χ1) is 11.6. The molecule has 0 unspecified atom stereocenters. The van der Waals surface area contributed by atoms with Gasteiger partial charge in [0, 0.05) is 24.3 Å². The molecule has 6 heteroatoms. The molecule has 0 fully saturated rings. The fourth-order valence-electron chi connectivity index (χ4n) is 2.79. The maximum Gasteiger partial charge on any atom is 0.336 e. The second kappa shape index (κ2) is 5.79. The molecular formula is C18H15N3O2S. The molecule has 24 heavy (non-hydrogen) atoms. The number of hydrogen-bond acceptors (Lipinski definition) is 5. The molecule has 2 aromatic heterocycles. The highest BCUT2D eigenvalue weighted by Gasteiger charge is 2.12. The van der Waals surface area contributed by atoms with Crippen LogP contribution in [0.15, 0.2) is 56.8 Å². The van der Waals surface area contributed by atoms with Gasteiger partial charge in [0.1, 0.15) is 11.4 Å². The van der Waals surface area contributed by atoms with Crippen molar-refractivity contribution in [3.05, 3.63) is 64.3 Å². The van der Waals surface area contributed by atoms with Crippen LogP contribution in [-0.4, -0.2) is 14.8 Å². The lowest BCUT2D eigenvalue weighted by molar-refractivity contribution is 0.560. The van der Waals surface area contributed by atoms with Crippen molar-refractivity contribution in [3.8, 4) is 0 Å². The number of aryl methyl sites for hydroxylation is 1. The van der Waals surface area contributed by atoms with Crippen LogP contribution in [0.25, 0.3) is 21.7 Å². The summed E-state index contributed by atoms with van der Waals surface area (Å²) in [6.07, 6.45) is 0. The van der Waals surface area contributed by atoms with E-state index in [1.807, 2.05) is 42.8 Å². The van der Waals surface area contributed by atoms with Crippen LogP contribution in [-0.2, 0) is 12.8 Å². The lowest BCUT2D eigenvalue weighted by Gasteiger charge is -2.08. The van der Waals surface area contributed by atoms with Crippen molar-refractivity contribution in [3.63, 3.8) is 0 Å². The summed E-state index contributed by atoms with van der Waals surface area (Å²) in [5.41, 5.74) is 1.23. The Hall–Kier alpha value is -2.60. The number of rotatable bonds is 3. The predicted molar refractivity (Wildman–Crippen MR) is 95.3 cm³/mol. The molecule has 0 aliphatic carbocycles. The third kappa shape index (κ3) is 2.49. The van der Waals surface area contributed by atoms with Crippen LogP contribution >= 0.6 is 11.8 Å². The minimum absolute atomic E-state index is 0.331. The Kier molecular flexibility index (Phi) is 3.61. The molecule has 4 aromatic rings. The smallest absolute Gasteiger partial charge is 0.336 e. The Morgan fingerprint density at radius 3 is 2.79 bits per heavy atom. The van der Waals surface area contributed by atoms with Gasteiger partial charge in [0.05, 0.1) is 0 Å². The van der Waals surface area contributed by atoms with Crippen molar-refractivity contribution in [1.29, 1.82) is 0 Å². The number of aromatic nitrogens is 3. The molecule has 0 atom stereocenters. The fourth-order valence-corrected chi connectivity index (χ4v) is 3.73. The third-order valence-corrected chi connectivity index (χ3v) is 5.19. The summed E-state index contributed by atoms with van der Waals surface area (Å²) >= 11 is 1.56. The molecule has 0 N–H and O–H groups in total. The zero-order valence-corrected chi connectivity index (χ0v) is 14.1. The van der Waals surface area contributed by atoms with Crippen LogP contribution in [0.5, 0.6) is 0 Å². The molecule has 0 saturated heterocycles. The highest BCUT2D eigenvalue weighted by atomic mass is 32.2. The maximum absolute atomic E-state index is 11.9. The van der Waals surface area contributed by atoms with Gasteiger partial charge in [-0.15, -0.1) is 10.2 Å². The molecule has 0 bridgehead atoms. The van der Waals surface area contributed by atoms with Gasteiger partial charge < -0.3 is 8.98 Å². The van der Waals surface area contributed by atoms with E-state index in [1.54, 1.807) is 17.8 Å². The van der Waals surface area contributed by atoms with Crippen LogP contribution in [0, 0.1) is 6.92 Å². The number of fused-ring (bicyclic) bond motifs is 3. The van der Waals surface area contributed by atoms with Gasteiger partial charge in [-0.25, -0.2) is 4.79 Å². The molecule has 2 aromatic carbocycles. The number of nitrogens with zero attached hydrogens (tertiary/aromatic N) is 3. The molecular weight excluding hydrogens is 322 g/mol. The molecule has 0 spiro atoms. The summed E-state index contributed by atoms with van der Waals surface area (Å²) in [5.74, 6) is 1.49. The lowest BCUT2D eigenvalue weighted by atomic mass is 10.0. The zero-order chi connectivity index (χ0) is 16.7. The number of hydrogen-bond donors (Lipinski definition) is 0. The summed E-state index contributed by atoms with van der Waals surface area (Å²) in [6.45, 7) is 1.91. The topological polar surface area (TPSA) is 60.9 Å². The molecule has 0 saturated carbocycles. The van der Waals surface area contributed by atoms with E-state index in [2.05, 4.69) is 22.3 Å². The van der Waals surface area contributed by atoms with E-state index in [4.69, 9.17) is 4.42 Å². The summed E-state index contributed by atoms with van der Waals surface area (Å²) in [6, 6.07) is 13.5. The average molecular weight is 337 g/mol. The van der Waals surface area contributed by atoms with Gasteiger partial charge in [-0.3, -0.25) is 0 Å². The van der Waals surface area contributed by atoms with E-state index >= 15 is 0 Å². The predicted octanol–water partition coefficient (Wildman–Crippen LogP) is 3.68. The zero-order valence-electron chi connectivity index (χ0n) is 13.3. The molecule has 2 heterocycles. The molecule has 5 nitrogen and oxygen atoms in total. The van der Waals surface area contributed by atoms with Gasteiger partial charge in [0.15, 0.2) is 5.16 Å². The van der Waals surface area contributed by atoms with E-state index < -0.39 is 0 Å². The lowest BCUT2D eigenvalue weighted by Crippen LogP contribution is -2.01. The van der Waals surface area contributed by atoms with E-state index in [0.717, 1.165) is 32.7 Å². The summed E-state index contributed by atoms with van der Waals surface area (Å²) < 4.78 is 7.33. The number of benzene rings is 2. The molecule has 4 rings (SSSR count). The molecule has 0 aliphatic heterocycles. The van der Waals surface area contributed by atoms with Crippen molar-refractivity contribution < 1.29 is 4.42 Å². The number of thioether (sulfide) groups is 1. The Balaban J connectivity index is 1.85. The second-order valence-electron chi connectivity index (χ2n) is 5.63. The monoisotopic (exact) mass is 337 g/mol. The summed E-state index contributed by atoms with van der Waals surface area (Å²) in [7, 11) is 1.94. The largest absolute Gasteiger partial charge is 0.423 e. The highest BCUT2D eigenvalue weighted by molar-refractivity contribution is 7.98. The van der Waals surface area contributed by atoms with Gasteiger partial charge in [0.25, 0.3) is 0 Å². The Labute approximate surface area is 142 Å². The fraction of sp³-hybridized carbons (Fsp3) is 0.167. The van der Waals surface area contributed by atoms with Crippen molar-refractivity contribution >= 4 is 33.5 Å². The normalized spacial score (nSPS) is 11.4. The van der Waals surface area contributed by atoms with Gasteiger partial charge in [0.2, 0.25) is 0 Å². The Morgan fingerprint density at radius 2 is 2.00 bits per heavy atom. The van der Waals surface area contributed by atoms with Crippen LogP contribution in [0.4, 0.5) is 0 Å². The Bertz CT molecular complexity index is 1110. The van der Waals surface area contributed by atoms with Crippen molar-refractivity contribution in [2.75, 3.05) is 0 Å². The Morgan fingerprint density at radius 1 is 1.17 bits per heavy atom. The SMILES string of the molecule is Cc1nnc(SCc2cc(=O)oc3ccc4ccccc4c23)n1C. The third-order valence-electron chi connectivity index (χ3n) is 4.12. The average Bonchev–Trinajstić information content (AvgIpc) is 2.91. The van der Waals surface area contributed by atoms with Gasteiger partial charge in [-0.2, -0.15) is 0 Å². The van der Waals surface area contributed by atoms with Crippen molar-refractivity contribution in [1.82, 2.24) is 14.8 Å². The second-order valence-corrected chi connectivity index (χ2v) is 6.57. The molecule has 0 aliphatic rings. The summed E-state index contributed by atoms with van der Waals surface area (Å²) in [5, 5.41) is 12.3. The first-order valence-electron chi connectivity index (χ1n) is 7.57. The molecule has 120 valence electrons. The first kappa shape index (κ1) is 15.0. The van der Waals surface area contributed by atoms with E-state index in [-0.39, 0.29) is 5.63 Å². The van der Waals surface area contributed by atoms with E-state index in [0.29, 0.717) is 11.3 Å². The molecule has 0 amide bonds. The standard InChI is InChI=1S/C18H15N3O2S/c1-11-19-20-18(21(11)2)24-10-13-9-16(22)23-15-8-7-12-5-3-4-6-14(12)17(13)15/h3-9H,10H2,1-2H3. The minimum Gasteiger partial charge on any atom is -0.423 e. The van der Waals surface area contributed by atoms with Gasteiger partial charge in [-0.05, 0) is 29.3 Å². The van der Waals surface area contributed by atoms with Crippen LogP contribution < -0.4 is 5.63 Å². The van der Waals surface area contributed by atoms with E-state index in [9.17, 15) is 4.79 Å². The highest BCUT2D eigenvalue weighted by Crippen LogP contribution is 2.30.